The minimum atomic E-state index is -2.90. The van der Waals surface area contributed by atoms with Gasteiger partial charge in [0.25, 0.3) is 0 Å². The molecule has 0 bridgehead atoms. The van der Waals surface area contributed by atoms with Crippen molar-refractivity contribution < 1.29 is 8.42 Å². The molecule has 1 aromatic carbocycles. The van der Waals surface area contributed by atoms with Crippen LogP contribution >= 0.6 is 0 Å². The Labute approximate surface area is 150 Å². The lowest BCUT2D eigenvalue weighted by Gasteiger charge is -2.32. The molecule has 0 N–H and O–H groups in total. The maximum atomic E-state index is 11.6. The number of aromatic nitrogens is 2. The first-order valence-electron chi connectivity index (χ1n) is 8.83. The highest BCUT2D eigenvalue weighted by atomic mass is 32.2. The van der Waals surface area contributed by atoms with Crippen LogP contribution in [0.3, 0.4) is 0 Å². The second-order valence-electron chi connectivity index (χ2n) is 7.34. The molecule has 0 unspecified atom stereocenters. The molecule has 3 rings (SSSR count). The lowest BCUT2D eigenvalue weighted by molar-refractivity contribution is 0.178. The van der Waals surface area contributed by atoms with Crippen molar-refractivity contribution in [3.63, 3.8) is 0 Å². The van der Waals surface area contributed by atoms with Crippen LogP contribution in [0.2, 0.25) is 0 Å². The summed E-state index contributed by atoms with van der Waals surface area (Å²) in [6.45, 7) is 6.81. The van der Waals surface area contributed by atoms with Crippen molar-refractivity contribution in [2.45, 2.75) is 33.2 Å². The van der Waals surface area contributed by atoms with E-state index in [4.69, 9.17) is 0 Å². The third kappa shape index (κ3) is 4.92. The van der Waals surface area contributed by atoms with Crippen molar-refractivity contribution in [2.75, 3.05) is 25.1 Å². The molecule has 0 aliphatic carbocycles. The number of rotatable bonds is 5. The summed E-state index contributed by atoms with van der Waals surface area (Å²) < 4.78 is 25.1. The smallest absolute Gasteiger partial charge is 0.147 e. The third-order valence-corrected chi connectivity index (χ3v) is 5.79. The zero-order chi connectivity index (χ0) is 18.0. The Hall–Kier alpha value is -1.66. The Bertz CT molecular complexity index is 842. The molecule has 1 atom stereocenters. The number of hydrogen-bond donors (Lipinski definition) is 0. The molecule has 136 valence electrons. The molecule has 0 saturated carbocycles. The van der Waals surface area contributed by atoms with Crippen LogP contribution in [0, 0.1) is 19.8 Å². The van der Waals surface area contributed by atoms with Crippen LogP contribution in [0.25, 0.3) is 5.69 Å². The van der Waals surface area contributed by atoms with E-state index in [9.17, 15) is 8.42 Å². The van der Waals surface area contributed by atoms with Crippen LogP contribution in [0.1, 0.15) is 29.8 Å². The predicted molar refractivity (Wildman–Crippen MR) is 101 cm³/mol. The number of sulfone groups is 1. The van der Waals surface area contributed by atoms with Crippen molar-refractivity contribution in [1.29, 1.82) is 0 Å². The van der Waals surface area contributed by atoms with Gasteiger partial charge in [0, 0.05) is 25.0 Å². The van der Waals surface area contributed by atoms with Gasteiger partial charge in [-0.3, -0.25) is 4.90 Å². The van der Waals surface area contributed by atoms with Crippen LogP contribution < -0.4 is 0 Å². The lowest BCUT2D eigenvalue weighted by Crippen LogP contribution is -2.37. The zero-order valence-electron chi connectivity index (χ0n) is 15.3. The largest absolute Gasteiger partial charge is 0.299 e. The Kier molecular flexibility index (Phi) is 5.29. The van der Waals surface area contributed by atoms with Gasteiger partial charge in [-0.15, -0.1) is 0 Å². The Morgan fingerprint density at radius 3 is 2.72 bits per heavy atom. The van der Waals surface area contributed by atoms with Crippen molar-refractivity contribution >= 4 is 9.84 Å². The van der Waals surface area contributed by atoms with Crippen LogP contribution in [0.4, 0.5) is 0 Å². The Morgan fingerprint density at radius 1 is 1.24 bits per heavy atom. The third-order valence-electron chi connectivity index (χ3n) is 4.71. The van der Waals surface area contributed by atoms with Crippen LogP contribution in [-0.2, 0) is 16.4 Å². The molecule has 1 aromatic heterocycles. The molecule has 6 heteroatoms. The van der Waals surface area contributed by atoms with Crippen molar-refractivity contribution in [3.05, 3.63) is 47.3 Å². The van der Waals surface area contributed by atoms with Gasteiger partial charge in [-0.1, -0.05) is 12.1 Å². The topological polar surface area (TPSA) is 55.2 Å². The first-order chi connectivity index (χ1) is 11.8. The molecule has 1 saturated heterocycles. The minimum absolute atomic E-state index is 0.253. The zero-order valence-corrected chi connectivity index (χ0v) is 16.1. The van der Waals surface area contributed by atoms with E-state index >= 15 is 0 Å². The second-order valence-corrected chi connectivity index (χ2v) is 9.53. The molecule has 5 nitrogen and oxygen atoms in total. The number of aryl methyl sites for hydroxylation is 2. The molecule has 2 aromatic rings. The SMILES string of the molecule is Cc1cc(C)n(-c2cccc(CN3CCC[C@H](CS(C)(=O)=O)C3)c2)n1. The van der Waals surface area contributed by atoms with Gasteiger partial charge in [0.05, 0.1) is 17.1 Å². The van der Waals surface area contributed by atoms with Gasteiger partial charge in [-0.2, -0.15) is 5.10 Å². The predicted octanol–water partition coefficient (Wildman–Crippen LogP) is 2.75. The van der Waals surface area contributed by atoms with Gasteiger partial charge >= 0.3 is 0 Å². The monoisotopic (exact) mass is 361 g/mol. The standard InChI is InChI=1S/C19H27N3O2S/c1-15-10-16(2)22(20-15)19-8-4-6-17(11-19)12-21-9-5-7-18(13-21)14-25(3,23)24/h4,6,8,10-11,18H,5,7,9,12-14H2,1-3H3/t18-/m0/s1. The Balaban J connectivity index is 1.71. The first-order valence-corrected chi connectivity index (χ1v) is 10.9. The van der Waals surface area contributed by atoms with E-state index in [1.165, 1.54) is 11.8 Å². The molecular weight excluding hydrogens is 334 g/mol. The first kappa shape index (κ1) is 18.1. The molecule has 1 fully saturated rings. The van der Waals surface area contributed by atoms with Gasteiger partial charge in [0.15, 0.2) is 0 Å². The highest BCUT2D eigenvalue weighted by Crippen LogP contribution is 2.21. The molecule has 1 aliphatic rings. The fraction of sp³-hybridized carbons (Fsp3) is 0.526. The van der Waals surface area contributed by atoms with Gasteiger partial charge < -0.3 is 0 Å². The highest BCUT2D eigenvalue weighted by molar-refractivity contribution is 7.90. The fourth-order valence-electron chi connectivity index (χ4n) is 3.79. The van der Waals surface area contributed by atoms with Gasteiger partial charge in [-0.25, -0.2) is 13.1 Å². The number of nitrogens with zero attached hydrogens (tertiary/aromatic N) is 3. The van der Waals surface area contributed by atoms with E-state index in [1.807, 2.05) is 11.6 Å². The van der Waals surface area contributed by atoms with E-state index in [0.29, 0.717) is 5.75 Å². The van der Waals surface area contributed by atoms with Crippen molar-refractivity contribution in [2.24, 2.45) is 5.92 Å². The summed E-state index contributed by atoms with van der Waals surface area (Å²) in [5.74, 6) is 0.554. The van der Waals surface area contributed by atoms with E-state index in [0.717, 1.165) is 49.6 Å². The number of likely N-dealkylation sites (tertiary alicyclic amines) is 1. The molecule has 0 radical (unpaired) electrons. The van der Waals surface area contributed by atoms with E-state index in [2.05, 4.69) is 47.3 Å². The summed E-state index contributed by atoms with van der Waals surface area (Å²) in [6.07, 6.45) is 3.41. The average Bonchev–Trinajstić information content (AvgIpc) is 2.85. The molecule has 0 spiro atoms. The molecule has 25 heavy (non-hydrogen) atoms. The molecule has 0 amide bonds. The average molecular weight is 362 g/mol. The molecular formula is C19H27N3O2S. The van der Waals surface area contributed by atoms with Gasteiger partial charge in [0.2, 0.25) is 0 Å². The summed E-state index contributed by atoms with van der Waals surface area (Å²) in [4.78, 5) is 2.37. The summed E-state index contributed by atoms with van der Waals surface area (Å²) >= 11 is 0. The molecule has 1 aliphatic heterocycles. The van der Waals surface area contributed by atoms with Crippen molar-refractivity contribution in [1.82, 2.24) is 14.7 Å². The maximum Gasteiger partial charge on any atom is 0.147 e. The number of benzene rings is 1. The van der Waals surface area contributed by atoms with Crippen LogP contribution in [0.15, 0.2) is 30.3 Å². The lowest BCUT2D eigenvalue weighted by atomic mass is 9.99. The Morgan fingerprint density at radius 2 is 2.04 bits per heavy atom. The van der Waals surface area contributed by atoms with Crippen LogP contribution in [0.5, 0.6) is 0 Å². The minimum Gasteiger partial charge on any atom is -0.299 e. The van der Waals surface area contributed by atoms with Crippen LogP contribution in [-0.4, -0.2) is 48.2 Å². The molecule has 2 heterocycles. The fourth-order valence-corrected chi connectivity index (χ4v) is 4.92. The normalized spacial score (nSPS) is 19.2. The van der Waals surface area contributed by atoms with Gasteiger partial charge in [0.1, 0.15) is 9.84 Å². The summed E-state index contributed by atoms with van der Waals surface area (Å²) in [7, 11) is -2.90. The quantitative estimate of drug-likeness (QED) is 0.822. The van der Waals surface area contributed by atoms with E-state index in [-0.39, 0.29) is 5.92 Å². The maximum absolute atomic E-state index is 11.6. The summed E-state index contributed by atoms with van der Waals surface area (Å²) in [6, 6.07) is 10.5. The van der Waals surface area contributed by atoms with E-state index in [1.54, 1.807) is 0 Å². The summed E-state index contributed by atoms with van der Waals surface area (Å²) in [5.41, 5.74) is 4.46. The highest BCUT2D eigenvalue weighted by Gasteiger charge is 2.23. The summed E-state index contributed by atoms with van der Waals surface area (Å²) in [5, 5.41) is 4.56. The second kappa shape index (κ2) is 7.30. The van der Waals surface area contributed by atoms with E-state index < -0.39 is 9.84 Å². The van der Waals surface area contributed by atoms with Crippen molar-refractivity contribution in [3.8, 4) is 5.69 Å². The van der Waals surface area contributed by atoms with Gasteiger partial charge in [-0.05, 0) is 62.9 Å². The number of hydrogen-bond acceptors (Lipinski definition) is 4. The number of piperidine rings is 1.